The van der Waals surface area contributed by atoms with Crippen molar-refractivity contribution in [1.82, 2.24) is 10.2 Å². The third-order valence-electron chi connectivity index (χ3n) is 4.11. The maximum absolute atomic E-state index is 3.74. The Kier molecular flexibility index (Phi) is 1.24. The molecule has 3 heterocycles. The van der Waals surface area contributed by atoms with E-state index in [4.69, 9.17) is 0 Å². The molecule has 0 aromatic carbocycles. The summed E-state index contributed by atoms with van der Waals surface area (Å²) in [7, 11) is 0. The molecule has 4 unspecified atom stereocenters. The summed E-state index contributed by atoms with van der Waals surface area (Å²) < 4.78 is 0. The van der Waals surface area contributed by atoms with Crippen LogP contribution < -0.4 is 5.32 Å². The molecule has 0 aliphatic carbocycles. The highest BCUT2D eigenvalue weighted by molar-refractivity contribution is 5.21. The first kappa shape index (κ1) is 8.25. The standard InChI is InChI=1S/C11H20N2/c1-10(2)5-7-6-11(3,4)13-8(7)9(13)12-10/h7-9,12H,5-6H2,1-4H3. The van der Waals surface area contributed by atoms with Crippen LogP contribution in [0.25, 0.3) is 0 Å². The quantitative estimate of drug-likeness (QED) is 0.569. The Hall–Kier alpha value is -0.0800. The summed E-state index contributed by atoms with van der Waals surface area (Å²) in [4.78, 5) is 2.67. The van der Waals surface area contributed by atoms with Crippen LogP contribution in [0.3, 0.4) is 0 Å². The van der Waals surface area contributed by atoms with E-state index in [0.717, 1.165) is 12.0 Å². The van der Waals surface area contributed by atoms with Gasteiger partial charge in [-0.1, -0.05) is 0 Å². The second kappa shape index (κ2) is 1.96. The van der Waals surface area contributed by atoms with Crippen molar-refractivity contribution in [3.05, 3.63) is 0 Å². The van der Waals surface area contributed by atoms with Crippen molar-refractivity contribution in [1.29, 1.82) is 0 Å². The number of fused-ring (bicyclic) bond motifs is 1. The van der Waals surface area contributed by atoms with Gasteiger partial charge >= 0.3 is 0 Å². The van der Waals surface area contributed by atoms with E-state index in [9.17, 15) is 0 Å². The van der Waals surface area contributed by atoms with Crippen molar-refractivity contribution in [2.45, 2.75) is 63.8 Å². The molecule has 1 N–H and O–H groups in total. The lowest BCUT2D eigenvalue weighted by atomic mass is 9.79. The van der Waals surface area contributed by atoms with Gasteiger partial charge in [0.25, 0.3) is 0 Å². The Morgan fingerprint density at radius 3 is 2.46 bits per heavy atom. The molecule has 2 nitrogen and oxygen atoms in total. The largest absolute Gasteiger partial charge is 0.295 e. The fourth-order valence-corrected chi connectivity index (χ4v) is 3.84. The van der Waals surface area contributed by atoms with Crippen LogP contribution >= 0.6 is 0 Å². The number of hydrogen-bond acceptors (Lipinski definition) is 2. The molecule has 0 aromatic rings. The van der Waals surface area contributed by atoms with Crippen LogP contribution in [0.15, 0.2) is 0 Å². The monoisotopic (exact) mass is 180 g/mol. The van der Waals surface area contributed by atoms with E-state index in [2.05, 4.69) is 37.9 Å². The smallest absolute Gasteiger partial charge is 0.0773 e. The number of nitrogens with zero attached hydrogens (tertiary/aromatic N) is 1. The molecule has 0 amide bonds. The Morgan fingerprint density at radius 2 is 1.85 bits per heavy atom. The summed E-state index contributed by atoms with van der Waals surface area (Å²) in [6, 6.07) is 0.878. The molecule has 4 atom stereocenters. The predicted octanol–water partition coefficient (Wildman–Crippen LogP) is 1.57. The van der Waals surface area contributed by atoms with Crippen molar-refractivity contribution in [3.8, 4) is 0 Å². The van der Waals surface area contributed by atoms with E-state index in [1.165, 1.54) is 12.8 Å². The van der Waals surface area contributed by atoms with Crippen molar-refractivity contribution in [3.63, 3.8) is 0 Å². The first-order valence-electron chi connectivity index (χ1n) is 5.47. The molecule has 2 heteroatoms. The van der Waals surface area contributed by atoms with Crippen LogP contribution in [0, 0.1) is 5.92 Å². The van der Waals surface area contributed by atoms with Gasteiger partial charge in [-0.2, -0.15) is 0 Å². The second-order valence-electron chi connectivity index (χ2n) is 6.35. The van der Waals surface area contributed by atoms with E-state index in [-0.39, 0.29) is 0 Å². The van der Waals surface area contributed by atoms with Crippen molar-refractivity contribution < 1.29 is 0 Å². The predicted molar refractivity (Wildman–Crippen MR) is 53.4 cm³/mol. The van der Waals surface area contributed by atoms with Crippen LogP contribution in [0.5, 0.6) is 0 Å². The molecule has 3 saturated heterocycles. The second-order valence-corrected chi connectivity index (χ2v) is 6.35. The van der Waals surface area contributed by atoms with Gasteiger partial charge in [0, 0.05) is 17.1 Å². The highest BCUT2D eigenvalue weighted by Gasteiger charge is 2.67. The average Bonchev–Trinajstić information content (AvgIpc) is 2.50. The molecular weight excluding hydrogens is 160 g/mol. The SMILES string of the molecule is CC1(C)CC2CC(C)(C)N3C(N1)C23. The molecule has 74 valence electrons. The minimum atomic E-state index is 0.372. The van der Waals surface area contributed by atoms with Crippen molar-refractivity contribution >= 4 is 0 Å². The first-order chi connectivity index (χ1) is 5.91. The third-order valence-corrected chi connectivity index (χ3v) is 4.11. The Bertz CT molecular complexity index is 257. The van der Waals surface area contributed by atoms with Crippen LogP contribution in [0.1, 0.15) is 40.5 Å². The molecule has 3 fully saturated rings. The maximum Gasteiger partial charge on any atom is 0.0773 e. The molecule has 3 rings (SSSR count). The molecule has 0 bridgehead atoms. The third kappa shape index (κ3) is 0.962. The van der Waals surface area contributed by atoms with Gasteiger partial charge in [0.2, 0.25) is 0 Å². The van der Waals surface area contributed by atoms with Gasteiger partial charge in [-0.15, -0.1) is 0 Å². The van der Waals surface area contributed by atoms with Gasteiger partial charge in [-0.3, -0.25) is 10.2 Å². The number of piperidine rings is 2. The summed E-state index contributed by atoms with van der Waals surface area (Å²) in [5.74, 6) is 0.955. The van der Waals surface area contributed by atoms with Gasteiger partial charge in [-0.25, -0.2) is 0 Å². The Balaban J connectivity index is 1.88. The molecular formula is C11H20N2. The van der Waals surface area contributed by atoms with Crippen LogP contribution in [-0.2, 0) is 0 Å². The average molecular weight is 180 g/mol. The zero-order valence-electron chi connectivity index (χ0n) is 9.09. The highest BCUT2D eigenvalue weighted by atomic mass is 15.5. The molecule has 0 radical (unpaired) electrons. The summed E-state index contributed by atoms with van der Waals surface area (Å²) in [6.07, 6.45) is 3.46. The normalized spacial score (nSPS) is 54.5. The summed E-state index contributed by atoms with van der Waals surface area (Å²) in [5, 5.41) is 3.74. The molecule has 0 spiro atoms. The van der Waals surface area contributed by atoms with E-state index >= 15 is 0 Å². The summed E-state index contributed by atoms with van der Waals surface area (Å²) in [5.41, 5.74) is 0.834. The van der Waals surface area contributed by atoms with E-state index < -0.39 is 0 Å². The van der Waals surface area contributed by atoms with Gasteiger partial charge in [0.1, 0.15) is 0 Å². The Morgan fingerprint density at radius 1 is 1.15 bits per heavy atom. The molecule has 3 aliphatic rings. The van der Waals surface area contributed by atoms with Crippen LogP contribution in [0.4, 0.5) is 0 Å². The lowest BCUT2D eigenvalue weighted by Gasteiger charge is -2.38. The van der Waals surface area contributed by atoms with Gasteiger partial charge in [-0.05, 0) is 46.5 Å². The number of nitrogens with one attached hydrogen (secondary N) is 1. The lowest BCUT2D eigenvalue weighted by Crippen LogP contribution is -2.52. The lowest BCUT2D eigenvalue weighted by molar-refractivity contribution is 0.174. The minimum Gasteiger partial charge on any atom is -0.295 e. The van der Waals surface area contributed by atoms with Crippen molar-refractivity contribution in [2.75, 3.05) is 0 Å². The van der Waals surface area contributed by atoms with Crippen LogP contribution in [0.2, 0.25) is 0 Å². The number of hydrogen-bond donors (Lipinski definition) is 1. The zero-order valence-corrected chi connectivity index (χ0v) is 9.09. The van der Waals surface area contributed by atoms with Gasteiger partial charge in [0.05, 0.1) is 6.17 Å². The minimum absolute atomic E-state index is 0.372. The summed E-state index contributed by atoms with van der Waals surface area (Å²) >= 11 is 0. The zero-order chi connectivity index (χ0) is 9.43. The van der Waals surface area contributed by atoms with Gasteiger partial charge < -0.3 is 0 Å². The first-order valence-corrected chi connectivity index (χ1v) is 5.47. The summed E-state index contributed by atoms with van der Waals surface area (Å²) in [6.45, 7) is 9.45. The fourth-order valence-electron chi connectivity index (χ4n) is 3.84. The molecule has 13 heavy (non-hydrogen) atoms. The fraction of sp³-hybridized carbons (Fsp3) is 1.00. The Labute approximate surface area is 80.7 Å². The maximum atomic E-state index is 3.74. The van der Waals surface area contributed by atoms with Crippen molar-refractivity contribution in [2.24, 2.45) is 5.92 Å². The number of rotatable bonds is 0. The molecule has 0 aromatic heterocycles. The van der Waals surface area contributed by atoms with E-state index in [1.54, 1.807) is 0 Å². The van der Waals surface area contributed by atoms with E-state index in [0.29, 0.717) is 17.2 Å². The molecule has 3 aliphatic heterocycles. The van der Waals surface area contributed by atoms with Crippen LogP contribution in [-0.4, -0.2) is 28.2 Å². The van der Waals surface area contributed by atoms with Gasteiger partial charge in [0.15, 0.2) is 0 Å². The van der Waals surface area contributed by atoms with E-state index in [1.807, 2.05) is 0 Å². The highest BCUT2D eigenvalue weighted by Crippen LogP contribution is 2.56. The molecule has 0 saturated carbocycles. The topological polar surface area (TPSA) is 15.0 Å².